The smallest absolute Gasteiger partial charge is 0.303 e. The molecule has 0 rings (SSSR count). The van der Waals surface area contributed by atoms with Gasteiger partial charge in [-0.2, -0.15) is 0 Å². The van der Waals surface area contributed by atoms with Gasteiger partial charge in [0.1, 0.15) is 0 Å². The van der Waals surface area contributed by atoms with Crippen LogP contribution in [0.1, 0.15) is 53.4 Å². The zero-order chi connectivity index (χ0) is 14.5. The second kappa shape index (κ2) is 12.0. The molecule has 0 fully saturated rings. The Hall–Kier alpha value is -1.05. The Kier molecular flexibility index (Phi) is 11.3. The van der Waals surface area contributed by atoms with Crippen LogP contribution in [0.25, 0.3) is 0 Å². The maximum absolute atomic E-state index is 11.0. The van der Waals surface area contributed by atoms with Gasteiger partial charge in [0.05, 0.1) is 0 Å². The van der Waals surface area contributed by atoms with E-state index >= 15 is 0 Å². The van der Waals surface area contributed by atoms with Crippen molar-refractivity contribution in [2.24, 2.45) is 0 Å². The molecule has 0 aliphatic heterocycles. The SMILES string of the molecule is CCCCCC(C#CC(OCC)OCC)OC(C)=O. The fourth-order valence-corrected chi connectivity index (χ4v) is 1.54. The maximum atomic E-state index is 11.0. The molecule has 0 amide bonds. The molecule has 0 heterocycles. The zero-order valence-electron chi connectivity index (χ0n) is 12.5. The van der Waals surface area contributed by atoms with Crippen LogP contribution >= 0.6 is 0 Å². The first-order valence-electron chi connectivity index (χ1n) is 7.05. The van der Waals surface area contributed by atoms with Gasteiger partial charge in [-0.3, -0.25) is 4.79 Å². The lowest BCUT2D eigenvalue weighted by Crippen LogP contribution is -2.18. The summed E-state index contributed by atoms with van der Waals surface area (Å²) in [6, 6.07) is 0. The highest BCUT2D eigenvalue weighted by Gasteiger charge is 2.09. The number of ether oxygens (including phenoxy) is 3. The average Bonchev–Trinajstić information content (AvgIpc) is 2.35. The van der Waals surface area contributed by atoms with E-state index in [1.165, 1.54) is 6.92 Å². The van der Waals surface area contributed by atoms with Crippen molar-refractivity contribution in [3.63, 3.8) is 0 Å². The quantitative estimate of drug-likeness (QED) is 0.280. The van der Waals surface area contributed by atoms with Gasteiger partial charge in [0, 0.05) is 20.1 Å². The number of hydrogen-bond acceptors (Lipinski definition) is 4. The minimum atomic E-state index is -0.542. The highest BCUT2D eigenvalue weighted by molar-refractivity contribution is 5.66. The van der Waals surface area contributed by atoms with E-state index < -0.39 is 6.29 Å². The fraction of sp³-hybridized carbons (Fsp3) is 0.800. The van der Waals surface area contributed by atoms with Gasteiger partial charge < -0.3 is 14.2 Å². The third kappa shape index (κ3) is 10.5. The van der Waals surface area contributed by atoms with Gasteiger partial charge in [0.15, 0.2) is 6.10 Å². The summed E-state index contributed by atoms with van der Waals surface area (Å²) in [7, 11) is 0. The molecule has 0 aliphatic rings. The van der Waals surface area contributed by atoms with Crippen molar-refractivity contribution < 1.29 is 19.0 Å². The Balaban J connectivity index is 4.44. The molecule has 0 aromatic carbocycles. The molecule has 4 heteroatoms. The number of carbonyl (C=O) groups is 1. The topological polar surface area (TPSA) is 44.8 Å². The van der Waals surface area contributed by atoms with E-state index in [4.69, 9.17) is 14.2 Å². The number of esters is 1. The largest absolute Gasteiger partial charge is 0.449 e. The van der Waals surface area contributed by atoms with Crippen LogP contribution < -0.4 is 0 Å². The summed E-state index contributed by atoms with van der Waals surface area (Å²) in [4.78, 5) is 11.0. The van der Waals surface area contributed by atoms with E-state index in [0.717, 1.165) is 25.7 Å². The van der Waals surface area contributed by atoms with Crippen LogP contribution in [0.3, 0.4) is 0 Å². The summed E-state index contributed by atoms with van der Waals surface area (Å²) in [6.07, 6.45) is 3.08. The monoisotopic (exact) mass is 270 g/mol. The van der Waals surface area contributed by atoms with Crippen molar-refractivity contribution in [2.45, 2.75) is 65.8 Å². The number of carbonyl (C=O) groups excluding carboxylic acids is 1. The summed E-state index contributed by atoms with van der Waals surface area (Å²) >= 11 is 0. The lowest BCUT2D eigenvalue weighted by Gasteiger charge is -2.13. The third-order valence-corrected chi connectivity index (χ3v) is 2.38. The van der Waals surface area contributed by atoms with Crippen LogP contribution in [-0.4, -0.2) is 31.6 Å². The van der Waals surface area contributed by atoms with E-state index in [9.17, 15) is 4.79 Å². The van der Waals surface area contributed by atoms with Gasteiger partial charge in [0.25, 0.3) is 0 Å². The van der Waals surface area contributed by atoms with E-state index in [0.29, 0.717) is 13.2 Å². The molecule has 1 atom stereocenters. The van der Waals surface area contributed by atoms with Crippen molar-refractivity contribution in [1.82, 2.24) is 0 Å². The van der Waals surface area contributed by atoms with Crippen molar-refractivity contribution in [2.75, 3.05) is 13.2 Å². The molecule has 0 saturated heterocycles. The Labute approximate surface area is 116 Å². The molecule has 0 spiro atoms. The van der Waals surface area contributed by atoms with Gasteiger partial charge in [-0.05, 0) is 32.6 Å². The standard InChI is InChI=1S/C15H26O4/c1-5-8-9-10-14(19-13(4)16)11-12-15(17-6-2)18-7-3/h14-15H,5-10H2,1-4H3. The third-order valence-electron chi connectivity index (χ3n) is 2.38. The van der Waals surface area contributed by atoms with Gasteiger partial charge in [0.2, 0.25) is 6.29 Å². The van der Waals surface area contributed by atoms with Crippen LogP contribution in [0.5, 0.6) is 0 Å². The van der Waals surface area contributed by atoms with E-state index in [1.54, 1.807) is 0 Å². The van der Waals surface area contributed by atoms with Crippen molar-refractivity contribution >= 4 is 5.97 Å². The minimum Gasteiger partial charge on any atom is -0.449 e. The van der Waals surface area contributed by atoms with Crippen LogP contribution in [0, 0.1) is 11.8 Å². The molecule has 0 aromatic heterocycles. The second-order valence-corrected chi connectivity index (χ2v) is 4.13. The van der Waals surface area contributed by atoms with E-state index in [1.807, 2.05) is 13.8 Å². The molecule has 0 aliphatic carbocycles. The molecule has 19 heavy (non-hydrogen) atoms. The van der Waals surface area contributed by atoms with Crippen LogP contribution in [0.4, 0.5) is 0 Å². The lowest BCUT2D eigenvalue weighted by molar-refractivity contribution is -0.144. The first-order chi connectivity index (χ1) is 9.13. The Bertz CT molecular complexity index is 284. The normalized spacial score (nSPS) is 11.8. The van der Waals surface area contributed by atoms with Gasteiger partial charge in [-0.15, -0.1) is 0 Å². The van der Waals surface area contributed by atoms with Gasteiger partial charge >= 0.3 is 5.97 Å². The zero-order valence-corrected chi connectivity index (χ0v) is 12.5. The highest BCUT2D eigenvalue weighted by atomic mass is 16.7. The van der Waals surface area contributed by atoms with Crippen LogP contribution in [-0.2, 0) is 19.0 Å². The Morgan fingerprint density at radius 3 is 2.16 bits per heavy atom. The van der Waals surface area contributed by atoms with Gasteiger partial charge in [-0.1, -0.05) is 25.7 Å². The van der Waals surface area contributed by atoms with Crippen LogP contribution in [0.2, 0.25) is 0 Å². The van der Waals surface area contributed by atoms with E-state index in [-0.39, 0.29) is 12.1 Å². The summed E-state index contributed by atoms with van der Waals surface area (Å²) in [6.45, 7) is 8.38. The first-order valence-corrected chi connectivity index (χ1v) is 7.05. The molecule has 110 valence electrons. The maximum Gasteiger partial charge on any atom is 0.303 e. The molecule has 1 unspecified atom stereocenters. The first kappa shape index (κ1) is 17.9. The number of rotatable bonds is 9. The molecule has 0 N–H and O–H groups in total. The number of unbranched alkanes of at least 4 members (excludes halogenated alkanes) is 2. The summed E-state index contributed by atoms with van der Waals surface area (Å²) in [5, 5.41) is 0. The second-order valence-electron chi connectivity index (χ2n) is 4.13. The Morgan fingerprint density at radius 2 is 1.68 bits per heavy atom. The van der Waals surface area contributed by atoms with E-state index in [2.05, 4.69) is 18.8 Å². The van der Waals surface area contributed by atoms with Crippen molar-refractivity contribution in [3.8, 4) is 11.8 Å². The summed E-state index contributed by atoms with van der Waals surface area (Å²) in [5.41, 5.74) is 0. The molecular weight excluding hydrogens is 244 g/mol. The highest BCUT2D eigenvalue weighted by Crippen LogP contribution is 2.07. The molecular formula is C15H26O4. The molecule has 0 saturated carbocycles. The van der Waals surface area contributed by atoms with Crippen LogP contribution in [0.15, 0.2) is 0 Å². The molecule has 0 bridgehead atoms. The Morgan fingerprint density at radius 1 is 1.05 bits per heavy atom. The fourth-order valence-electron chi connectivity index (χ4n) is 1.54. The van der Waals surface area contributed by atoms with Crippen molar-refractivity contribution in [3.05, 3.63) is 0 Å². The minimum absolute atomic E-state index is 0.305. The predicted octanol–water partition coefficient (Wildman–Crippen LogP) is 2.90. The summed E-state index contributed by atoms with van der Waals surface area (Å²) in [5.74, 6) is 5.51. The molecule has 0 radical (unpaired) electrons. The molecule has 4 nitrogen and oxygen atoms in total. The predicted molar refractivity (Wildman–Crippen MR) is 74.5 cm³/mol. The van der Waals surface area contributed by atoms with Crippen molar-refractivity contribution in [1.29, 1.82) is 0 Å². The average molecular weight is 270 g/mol. The lowest BCUT2D eigenvalue weighted by atomic mass is 10.1. The number of hydrogen-bond donors (Lipinski definition) is 0. The summed E-state index contributed by atoms with van der Waals surface area (Å²) < 4.78 is 15.8. The molecule has 0 aromatic rings. The van der Waals surface area contributed by atoms with Gasteiger partial charge in [-0.25, -0.2) is 0 Å².